The van der Waals surface area contributed by atoms with Gasteiger partial charge in [0.25, 0.3) is 3.79 Å². The van der Waals surface area contributed by atoms with Crippen LogP contribution in [0.3, 0.4) is 0 Å². The van der Waals surface area contributed by atoms with Crippen molar-refractivity contribution in [1.29, 1.82) is 5.41 Å². The molecule has 1 N–H and O–H groups in total. The molecular formula is C14H18Cl3NO3. The van der Waals surface area contributed by atoms with Crippen LogP contribution in [0.25, 0.3) is 0 Å². The van der Waals surface area contributed by atoms with Crippen LogP contribution in [0, 0.1) is 5.41 Å². The summed E-state index contributed by atoms with van der Waals surface area (Å²) in [7, 11) is 0. The minimum absolute atomic E-state index is 0.0371. The normalized spacial score (nSPS) is 34.7. The van der Waals surface area contributed by atoms with Crippen LogP contribution in [0.2, 0.25) is 0 Å². The second-order valence-electron chi connectivity index (χ2n) is 5.81. The molecule has 0 unspecified atom stereocenters. The molecule has 0 bridgehead atoms. The molecule has 0 amide bonds. The van der Waals surface area contributed by atoms with E-state index in [0.29, 0.717) is 6.42 Å². The third-order valence-corrected chi connectivity index (χ3v) is 4.72. The Morgan fingerprint density at radius 1 is 1.14 bits per heavy atom. The Labute approximate surface area is 139 Å². The summed E-state index contributed by atoms with van der Waals surface area (Å²) in [6.45, 7) is 0. The maximum Gasteiger partial charge on any atom is 0.265 e. The van der Waals surface area contributed by atoms with Crippen molar-refractivity contribution in [3.8, 4) is 0 Å². The van der Waals surface area contributed by atoms with E-state index < -0.39 is 9.58 Å². The predicted octanol–water partition coefficient (Wildman–Crippen LogP) is 4.12. The lowest BCUT2D eigenvalue weighted by Gasteiger charge is -2.31. The van der Waals surface area contributed by atoms with Gasteiger partial charge in [-0.1, -0.05) is 47.3 Å². The molecule has 1 spiro atoms. The third-order valence-electron chi connectivity index (χ3n) is 4.21. The van der Waals surface area contributed by atoms with Crippen LogP contribution >= 0.6 is 34.8 Å². The fourth-order valence-electron chi connectivity index (χ4n) is 3.21. The first kappa shape index (κ1) is 15.9. The highest BCUT2D eigenvalue weighted by Gasteiger charge is 2.49. The van der Waals surface area contributed by atoms with E-state index in [2.05, 4.69) is 0 Å². The van der Waals surface area contributed by atoms with Crippen LogP contribution in [-0.4, -0.2) is 33.8 Å². The van der Waals surface area contributed by atoms with Gasteiger partial charge in [0.2, 0.25) is 5.90 Å². The van der Waals surface area contributed by atoms with Gasteiger partial charge in [0, 0.05) is 19.3 Å². The Kier molecular flexibility index (Phi) is 4.46. The predicted molar refractivity (Wildman–Crippen MR) is 82.2 cm³/mol. The van der Waals surface area contributed by atoms with Gasteiger partial charge in [0.05, 0.1) is 6.10 Å². The minimum atomic E-state index is -1.83. The molecule has 1 heterocycles. The number of rotatable bonds is 1. The molecule has 3 rings (SSSR count). The highest BCUT2D eigenvalue weighted by Crippen LogP contribution is 2.43. The summed E-state index contributed by atoms with van der Waals surface area (Å²) in [5, 5.41) is 7.63. The largest absolute Gasteiger partial charge is 0.470 e. The van der Waals surface area contributed by atoms with Crippen molar-refractivity contribution in [2.45, 2.75) is 66.4 Å². The second kappa shape index (κ2) is 5.89. The highest BCUT2D eigenvalue weighted by atomic mass is 35.6. The molecule has 21 heavy (non-hydrogen) atoms. The zero-order valence-corrected chi connectivity index (χ0v) is 13.8. The number of alkyl halides is 3. The number of hydrogen-bond donors (Lipinski definition) is 1. The van der Waals surface area contributed by atoms with E-state index in [4.69, 9.17) is 54.4 Å². The van der Waals surface area contributed by atoms with Crippen LogP contribution in [0.5, 0.6) is 0 Å². The number of ether oxygens (including phenoxy) is 3. The van der Waals surface area contributed by atoms with Crippen LogP contribution in [0.15, 0.2) is 12.2 Å². The molecule has 2 fully saturated rings. The second-order valence-corrected chi connectivity index (χ2v) is 8.10. The van der Waals surface area contributed by atoms with Crippen molar-refractivity contribution in [2.24, 2.45) is 0 Å². The van der Waals surface area contributed by atoms with Gasteiger partial charge in [-0.05, 0) is 18.9 Å². The van der Waals surface area contributed by atoms with Crippen molar-refractivity contribution in [3.05, 3.63) is 12.2 Å². The summed E-state index contributed by atoms with van der Waals surface area (Å²) < 4.78 is 15.9. The average Bonchev–Trinajstić information content (AvgIpc) is 2.75. The molecule has 2 aliphatic carbocycles. The van der Waals surface area contributed by atoms with E-state index in [1.165, 1.54) is 6.42 Å². The highest BCUT2D eigenvalue weighted by molar-refractivity contribution is 6.76. The van der Waals surface area contributed by atoms with Crippen molar-refractivity contribution in [1.82, 2.24) is 0 Å². The van der Waals surface area contributed by atoms with E-state index in [0.717, 1.165) is 25.7 Å². The number of nitrogens with one attached hydrogen (secondary N) is 1. The summed E-state index contributed by atoms with van der Waals surface area (Å²) >= 11 is 16.9. The molecule has 1 saturated carbocycles. The SMILES string of the molecule is N=C(O[C@H]1C=C[C@@H]2OC3(CCCCC3)O[C@@H]2C1)C(Cl)(Cl)Cl. The lowest BCUT2D eigenvalue weighted by Crippen LogP contribution is -2.35. The number of fused-ring (bicyclic) bond motifs is 1. The lowest BCUT2D eigenvalue weighted by molar-refractivity contribution is -0.191. The van der Waals surface area contributed by atoms with Gasteiger partial charge >= 0.3 is 0 Å². The van der Waals surface area contributed by atoms with Crippen LogP contribution in [0.4, 0.5) is 0 Å². The third kappa shape index (κ3) is 3.50. The Balaban J connectivity index is 1.61. The topological polar surface area (TPSA) is 51.5 Å². The van der Waals surface area contributed by atoms with Gasteiger partial charge in [0.1, 0.15) is 12.2 Å². The Bertz CT molecular complexity index is 443. The summed E-state index contributed by atoms with van der Waals surface area (Å²) in [4.78, 5) is 0. The zero-order valence-electron chi connectivity index (χ0n) is 11.5. The Morgan fingerprint density at radius 3 is 2.52 bits per heavy atom. The molecule has 7 heteroatoms. The van der Waals surface area contributed by atoms with Gasteiger partial charge in [0.15, 0.2) is 5.79 Å². The first-order valence-electron chi connectivity index (χ1n) is 7.24. The molecule has 0 radical (unpaired) electrons. The van der Waals surface area contributed by atoms with Gasteiger partial charge in [-0.3, -0.25) is 5.41 Å². The van der Waals surface area contributed by atoms with E-state index in [1.54, 1.807) is 0 Å². The monoisotopic (exact) mass is 353 g/mol. The molecule has 118 valence electrons. The van der Waals surface area contributed by atoms with Crippen LogP contribution in [0.1, 0.15) is 38.5 Å². The smallest absolute Gasteiger partial charge is 0.265 e. The van der Waals surface area contributed by atoms with Gasteiger partial charge in [-0.15, -0.1) is 0 Å². The van der Waals surface area contributed by atoms with Crippen molar-refractivity contribution in [2.75, 3.05) is 0 Å². The van der Waals surface area contributed by atoms with E-state index in [9.17, 15) is 0 Å². The fraction of sp³-hybridized carbons (Fsp3) is 0.786. The molecule has 4 nitrogen and oxygen atoms in total. The van der Waals surface area contributed by atoms with Crippen molar-refractivity contribution < 1.29 is 14.2 Å². The molecule has 3 atom stereocenters. The summed E-state index contributed by atoms with van der Waals surface area (Å²) in [5.41, 5.74) is 0. The maximum absolute atomic E-state index is 7.63. The Hall–Kier alpha value is -0.000000000000000111. The zero-order chi connectivity index (χ0) is 15.1. The first-order chi connectivity index (χ1) is 9.88. The first-order valence-corrected chi connectivity index (χ1v) is 8.38. The standard InChI is InChI=1S/C14H18Cl3NO3/c15-14(16,17)12(18)19-9-4-5-10-11(8-9)21-13(20-10)6-2-1-3-7-13/h4-5,9-11,18H,1-3,6-8H2/t9-,10-,11+/m0/s1. The number of halogens is 3. The van der Waals surface area contributed by atoms with Gasteiger partial charge in [-0.2, -0.15) is 0 Å². The van der Waals surface area contributed by atoms with E-state index >= 15 is 0 Å². The molecular weight excluding hydrogens is 337 g/mol. The van der Waals surface area contributed by atoms with Gasteiger partial charge in [-0.25, -0.2) is 0 Å². The molecule has 0 aromatic carbocycles. The molecule has 0 aromatic rings. The number of hydrogen-bond acceptors (Lipinski definition) is 4. The van der Waals surface area contributed by atoms with Crippen molar-refractivity contribution >= 4 is 40.7 Å². The molecule has 0 aromatic heterocycles. The van der Waals surface area contributed by atoms with Crippen LogP contribution in [-0.2, 0) is 14.2 Å². The minimum Gasteiger partial charge on any atom is -0.470 e. The molecule has 1 aliphatic heterocycles. The quantitative estimate of drug-likeness (QED) is 0.333. The van der Waals surface area contributed by atoms with E-state index in [1.807, 2.05) is 12.2 Å². The summed E-state index contributed by atoms with van der Waals surface area (Å²) in [6.07, 6.45) is 9.40. The molecule has 1 saturated heterocycles. The average molecular weight is 355 g/mol. The molecule has 3 aliphatic rings. The van der Waals surface area contributed by atoms with Crippen molar-refractivity contribution in [3.63, 3.8) is 0 Å². The fourth-order valence-corrected chi connectivity index (χ4v) is 3.35. The summed E-state index contributed by atoms with van der Waals surface area (Å²) in [6, 6.07) is 0. The Morgan fingerprint density at radius 2 is 1.86 bits per heavy atom. The van der Waals surface area contributed by atoms with Gasteiger partial charge < -0.3 is 14.2 Å². The van der Waals surface area contributed by atoms with E-state index in [-0.39, 0.29) is 24.2 Å². The lowest BCUT2D eigenvalue weighted by atomic mass is 9.94. The maximum atomic E-state index is 7.63. The van der Waals surface area contributed by atoms with Crippen LogP contribution < -0.4 is 0 Å². The summed E-state index contributed by atoms with van der Waals surface area (Å²) in [5.74, 6) is -0.790.